The normalized spacial score (nSPS) is 12.0. The molecule has 0 atom stereocenters. The quantitative estimate of drug-likeness (QED) is 0.193. The smallest absolute Gasteiger partial charge is 0.415 e. The van der Waals surface area contributed by atoms with Gasteiger partial charge in [-0.05, 0) is 57.2 Å². The summed E-state index contributed by atoms with van der Waals surface area (Å²) in [4.78, 5) is 0.864. The van der Waals surface area contributed by atoms with E-state index in [1.165, 1.54) is 6.07 Å². The van der Waals surface area contributed by atoms with Crippen molar-refractivity contribution in [3.63, 3.8) is 0 Å². The predicted octanol–water partition coefficient (Wildman–Crippen LogP) is 5.73. The van der Waals surface area contributed by atoms with Gasteiger partial charge in [0.25, 0.3) is 10.0 Å². The molecule has 0 aliphatic rings. The van der Waals surface area contributed by atoms with Crippen molar-refractivity contribution in [1.82, 2.24) is 4.72 Å². The topological polar surface area (TPSA) is 129 Å². The summed E-state index contributed by atoms with van der Waals surface area (Å²) in [5.74, 6) is -2.52. The first-order chi connectivity index (χ1) is 18.9. The summed E-state index contributed by atoms with van der Waals surface area (Å²) < 4.78 is 82.1. The molecule has 0 amide bonds. The highest BCUT2D eigenvalue weighted by atomic mass is 32.2. The number of rotatable bonds is 13. The van der Waals surface area contributed by atoms with Crippen LogP contribution < -0.4 is 13.8 Å². The molecule has 0 bridgehead atoms. The van der Waals surface area contributed by atoms with Crippen LogP contribution in [-0.4, -0.2) is 38.8 Å². The molecule has 40 heavy (non-hydrogen) atoms. The lowest BCUT2D eigenvalue weighted by Gasteiger charge is -2.35. The first-order valence-electron chi connectivity index (χ1n) is 12.2. The van der Waals surface area contributed by atoms with E-state index in [4.69, 9.17) is 19.6 Å². The Bertz CT molecular complexity index is 1530. The van der Waals surface area contributed by atoms with E-state index in [1.807, 2.05) is 0 Å². The maximum absolute atomic E-state index is 14.2. The molecule has 0 spiro atoms. The van der Waals surface area contributed by atoms with Crippen LogP contribution in [0.1, 0.15) is 36.8 Å². The fraction of sp³-hybridized carbons (Fsp3) is 0.308. The molecule has 0 fully saturated rings. The van der Waals surface area contributed by atoms with Crippen molar-refractivity contribution in [3.8, 4) is 23.6 Å². The van der Waals surface area contributed by atoms with E-state index in [0.29, 0.717) is 6.54 Å². The Hall–Kier alpha value is -3.32. The van der Waals surface area contributed by atoms with Gasteiger partial charge in [-0.3, -0.25) is 0 Å². The van der Waals surface area contributed by atoms with Gasteiger partial charge in [-0.1, -0.05) is 0 Å². The third-order valence-corrected chi connectivity index (χ3v) is 11.2. The Morgan fingerprint density at radius 3 is 1.82 bits per heavy atom. The lowest BCUT2D eigenvalue weighted by atomic mass is 10.2. The molecule has 0 unspecified atom stereocenters. The monoisotopic (exact) mass is 609 g/mol. The summed E-state index contributed by atoms with van der Waals surface area (Å²) in [6.07, 6.45) is -0.884. The largest absolute Gasteiger partial charge is 0.445 e. The maximum atomic E-state index is 14.2. The minimum absolute atomic E-state index is 0.00991. The van der Waals surface area contributed by atoms with Crippen LogP contribution in [0.25, 0.3) is 0 Å². The van der Waals surface area contributed by atoms with E-state index in [-0.39, 0.29) is 26.8 Å². The van der Waals surface area contributed by atoms with E-state index in [9.17, 15) is 21.8 Å². The molecule has 0 saturated carbocycles. The Morgan fingerprint density at radius 1 is 0.900 bits per heavy atom. The van der Waals surface area contributed by atoms with Crippen LogP contribution in [-0.2, 0) is 21.1 Å². The second-order valence-corrected chi connectivity index (χ2v) is 13.8. The van der Waals surface area contributed by atoms with Crippen molar-refractivity contribution in [2.75, 3.05) is 25.9 Å². The predicted molar refractivity (Wildman–Crippen MR) is 146 cm³/mol. The van der Waals surface area contributed by atoms with Gasteiger partial charge in [0.1, 0.15) is 52.3 Å². The Labute approximate surface area is 236 Å². The first-order valence-corrected chi connectivity index (χ1v) is 16.3. The summed E-state index contributed by atoms with van der Waals surface area (Å²) in [6.45, 7) is 9.55. The third-order valence-electron chi connectivity index (χ3n) is 6.46. The zero-order valence-corrected chi connectivity index (χ0v) is 24.6. The molecule has 9 nitrogen and oxygen atoms in total. The maximum Gasteiger partial charge on any atom is 0.445 e. The summed E-state index contributed by atoms with van der Waals surface area (Å²) in [6, 6.07) is 12.6. The summed E-state index contributed by atoms with van der Waals surface area (Å²) in [5.41, 5.74) is -0.577. The number of sulfonamides is 1. The molecule has 14 heteroatoms. The highest BCUT2D eigenvalue weighted by Crippen LogP contribution is 2.48. The highest BCUT2D eigenvalue weighted by molar-refractivity contribution is 7.91. The molecule has 0 radical (unpaired) electrons. The van der Waals surface area contributed by atoms with Gasteiger partial charge in [0.2, 0.25) is 0 Å². The van der Waals surface area contributed by atoms with Gasteiger partial charge in [0.05, 0.1) is 35.6 Å². The summed E-state index contributed by atoms with van der Waals surface area (Å²) in [7, 11) is -8.67. The fourth-order valence-electron chi connectivity index (χ4n) is 3.85. The van der Waals surface area contributed by atoms with Crippen molar-refractivity contribution < 1.29 is 35.3 Å². The van der Waals surface area contributed by atoms with Crippen LogP contribution in [0.4, 0.5) is 8.78 Å². The van der Waals surface area contributed by atoms with E-state index in [2.05, 4.69) is 25.5 Å². The lowest BCUT2D eigenvalue weighted by molar-refractivity contribution is -0.935. The van der Waals surface area contributed by atoms with Crippen LogP contribution in [0.3, 0.4) is 0 Å². The molecular formula is C26H28F2N4O5PS2+. The molecule has 1 N–H and O–H groups in total. The Kier molecular flexibility index (Phi) is 10.1. The van der Waals surface area contributed by atoms with Gasteiger partial charge in [0, 0.05) is 12.1 Å². The number of hydrogen-bond donors (Lipinski definition) is 1. The van der Waals surface area contributed by atoms with Gasteiger partial charge in [-0.15, -0.1) is 11.3 Å². The second-order valence-electron chi connectivity index (χ2n) is 8.78. The Morgan fingerprint density at radius 2 is 1.40 bits per heavy atom. The van der Waals surface area contributed by atoms with E-state index < -0.39 is 35.5 Å². The third kappa shape index (κ3) is 7.45. The minimum atomic E-state index is -4.50. The van der Waals surface area contributed by atoms with Gasteiger partial charge >= 0.3 is 7.60 Å². The number of hydrogen-bond acceptors (Lipinski definition) is 8. The molecule has 3 rings (SSSR count). The van der Waals surface area contributed by atoms with E-state index >= 15 is 0 Å². The second kappa shape index (κ2) is 12.9. The number of nitriles is 2. The molecule has 212 valence electrons. The van der Waals surface area contributed by atoms with Crippen LogP contribution >= 0.6 is 18.9 Å². The van der Waals surface area contributed by atoms with Crippen molar-refractivity contribution in [2.45, 2.75) is 31.5 Å². The number of benzene rings is 2. The van der Waals surface area contributed by atoms with Crippen molar-refractivity contribution in [3.05, 3.63) is 76.2 Å². The van der Waals surface area contributed by atoms with Gasteiger partial charge in [0.15, 0.2) is 0 Å². The van der Waals surface area contributed by atoms with E-state index in [0.717, 1.165) is 76.7 Å². The fourth-order valence-corrected chi connectivity index (χ4v) is 8.39. The van der Waals surface area contributed by atoms with Crippen LogP contribution in [0.2, 0.25) is 0 Å². The number of nitrogens with one attached hydrogen (secondary N) is 1. The molecule has 0 aliphatic carbocycles. The molecule has 1 heterocycles. The molecule has 0 aliphatic heterocycles. The van der Waals surface area contributed by atoms with Crippen molar-refractivity contribution in [1.29, 1.82) is 10.5 Å². The average molecular weight is 610 g/mol. The number of quaternary nitrogens is 1. The van der Waals surface area contributed by atoms with Crippen LogP contribution in [0, 0.1) is 34.3 Å². The van der Waals surface area contributed by atoms with Crippen LogP contribution in [0.15, 0.2) is 52.7 Å². The molecule has 3 aromatic rings. The minimum Gasteiger partial charge on any atom is -0.415 e. The zero-order valence-electron chi connectivity index (χ0n) is 22.1. The zero-order chi connectivity index (χ0) is 29.6. The molecule has 2 aromatic carbocycles. The highest BCUT2D eigenvalue weighted by Gasteiger charge is 2.33. The van der Waals surface area contributed by atoms with Gasteiger partial charge in [-0.25, -0.2) is 21.8 Å². The van der Waals surface area contributed by atoms with Crippen molar-refractivity contribution in [2.24, 2.45) is 0 Å². The SMILES string of the molecule is CC[N+](CC)(CC)Cc1ccc(S(=O)(=O)NCP(=O)(Oc2ccc(C#N)c(F)c2)Oc2ccc(C#N)c(F)c2)s1. The summed E-state index contributed by atoms with van der Waals surface area (Å²) >= 11 is 1.09. The van der Waals surface area contributed by atoms with E-state index in [1.54, 1.807) is 18.2 Å². The molecule has 0 saturated heterocycles. The van der Waals surface area contributed by atoms with Crippen LogP contribution in [0.5, 0.6) is 11.5 Å². The number of thiophene rings is 1. The standard InChI is InChI=1S/C26H28F2N4O5PS2/c1-4-32(5-2,6-3)17-23-11-12-26(39-23)40(34,35)31-18-38(33,36-21-9-7-19(15-29)24(27)13-21)37-22-10-8-20(16-30)25(28)14-22/h7-14,31H,4-6,17-18H2,1-3H3/q+1. The van der Waals surface area contributed by atoms with Crippen molar-refractivity contribution >= 4 is 29.0 Å². The lowest BCUT2D eigenvalue weighted by Crippen LogP contribution is -2.46. The summed E-state index contributed by atoms with van der Waals surface area (Å²) in [5, 5.41) is 17.9. The average Bonchev–Trinajstić information content (AvgIpc) is 3.40. The number of nitrogens with zero attached hydrogens (tertiary/aromatic N) is 3. The van der Waals surface area contributed by atoms with Gasteiger partial charge in [-0.2, -0.15) is 15.2 Å². The Balaban J connectivity index is 1.88. The van der Waals surface area contributed by atoms with Gasteiger partial charge < -0.3 is 13.5 Å². The first kappa shape index (κ1) is 31.2. The number of halogens is 2. The molecule has 1 aromatic heterocycles. The molecular weight excluding hydrogens is 581 g/mol.